The van der Waals surface area contributed by atoms with E-state index in [1.54, 1.807) is 23.0 Å². The summed E-state index contributed by atoms with van der Waals surface area (Å²) in [5, 5.41) is 12.0. The molecular formula is C16H12N6O2. The van der Waals surface area contributed by atoms with Crippen molar-refractivity contribution in [1.82, 2.24) is 25.1 Å². The molecule has 0 saturated carbocycles. The summed E-state index contributed by atoms with van der Waals surface area (Å²) in [5.41, 5.74) is 1.74. The lowest BCUT2D eigenvalue weighted by Crippen LogP contribution is -2.12. The number of hydrogen-bond donors (Lipinski definition) is 0. The van der Waals surface area contributed by atoms with Crippen LogP contribution in [0.2, 0.25) is 0 Å². The Morgan fingerprint density at radius 3 is 2.92 bits per heavy atom. The molecule has 0 N–H and O–H groups in total. The summed E-state index contributed by atoms with van der Waals surface area (Å²) in [6.07, 6.45) is 6.62. The first-order valence-electron chi connectivity index (χ1n) is 7.32. The highest BCUT2D eigenvalue weighted by Crippen LogP contribution is 2.19. The number of amides is 1. The molecule has 1 atom stereocenters. The van der Waals surface area contributed by atoms with Crippen molar-refractivity contribution in [2.24, 2.45) is 4.99 Å². The van der Waals surface area contributed by atoms with Crippen LogP contribution in [0.5, 0.6) is 0 Å². The number of carbonyl (C=O) groups is 1. The summed E-state index contributed by atoms with van der Waals surface area (Å²) in [5.74, 6) is -0.253. The second-order valence-corrected chi connectivity index (χ2v) is 5.19. The minimum atomic E-state index is -0.594. The lowest BCUT2D eigenvalue weighted by molar-refractivity contribution is -0.118. The molecule has 4 rings (SSSR count). The van der Waals surface area contributed by atoms with Crippen molar-refractivity contribution in [3.63, 3.8) is 0 Å². The highest BCUT2D eigenvalue weighted by Gasteiger charge is 2.24. The van der Waals surface area contributed by atoms with Gasteiger partial charge in [0.2, 0.25) is 5.89 Å². The minimum absolute atomic E-state index is 0.278. The van der Waals surface area contributed by atoms with Crippen molar-refractivity contribution in [2.75, 3.05) is 0 Å². The zero-order chi connectivity index (χ0) is 16.4. The first-order valence-corrected chi connectivity index (χ1v) is 7.32. The molecule has 3 aromatic rings. The third-order valence-corrected chi connectivity index (χ3v) is 3.52. The van der Waals surface area contributed by atoms with E-state index in [9.17, 15) is 4.79 Å². The molecule has 0 bridgehead atoms. The number of aliphatic imine (C=N–C) groups is 1. The number of hydrogen-bond acceptors (Lipinski definition) is 6. The summed E-state index contributed by atoms with van der Waals surface area (Å²) >= 11 is 0. The van der Waals surface area contributed by atoms with Crippen molar-refractivity contribution >= 4 is 12.1 Å². The number of carbonyl (C=O) groups excluding carboxylic acids is 1. The van der Waals surface area contributed by atoms with E-state index in [0.29, 0.717) is 11.7 Å². The lowest BCUT2D eigenvalue weighted by atomic mass is 10.1. The van der Waals surface area contributed by atoms with Crippen LogP contribution in [0.4, 0.5) is 0 Å². The van der Waals surface area contributed by atoms with Gasteiger partial charge in [-0.2, -0.15) is 4.98 Å². The lowest BCUT2D eigenvalue weighted by Gasteiger charge is -2.04. The Labute approximate surface area is 136 Å². The fraction of sp³-hybridized carbons (Fsp3) is 0.125. The van der Waals surface area contributed by atoms with Gasteiger partial charge in [-0.25, -0.2) is 9.67 Å². The van der Waals surface area contributed by atoms with Crippen LogP contribution in [0.1, 0.15) is 17.6 Å². The van der Waals surface area contributed by atoms with Gasteiger partial charge in [-0.05, 0) is 6.08 Å². The van der Waals surface area contributed by atoms with Crippen molar-refractivity contribution < 1.29 is 9.32 Å². The van der Waals surface area contributed by atoms with Gasteiger partial charge in [0.25, 0.3) is 5.91 Å². The fourth-order valence-electron chi connectivity index (χ4n) is 2.35. The number of aromatic nitrogens is 5. The number of allylic oxidation sites excluding steroid dienone is 1. The van der Waals surface area contributed by atoms with E-state index in [0.717, 1.165) is 11.3 Å². The molecule has 1 aliphatic rings. The highest BCUT2D eigenvalue weighted by atomic mass is 16.5. The number of rotatable bonds is 4. The van der Waals surface area contributed by atoms with Gasteiger partial charge in [-0.1, -0.05) is 46.8 Å². The van der Waals surface area contributed by atoms with Crippen molar-refractivity contribution in [3.05, 3.63) is 60.4 Å². The fourth-order valence-corrected chi connectivity index (χ4v) is 2.35. The molecule has 0 fully saturated rings. The SMILES string of the molecule is O=C1N=CC=CC1c1noc(Cn2cc(-c3ccccc3)nn2)n1. The van der Waals surface area contributed by atoms with Crippen LogP contribution in [0.3, 0.4) is 0 Å². The Morgan fingerprint density at radius 1 is 1.21 bits per heavy atom. The van der Waals surface area contributed by atoms with Crippen LogP contribution in [0, 0.1) is 0 Å². The molecule has 118 valence electrons. The molecule has 0 radical (unpaired) electrons. The van der Waals surface area contributed by atoms with Crippen LogP contribution in [-0.4, -0.2) is 37.3 Å². The molecule has 1 aliphatic heterocycles. The van der Waals surface area contributed by atoms with Gasteiger partial charge >= 0.3 is 0 Å². The van der Waals surface area contributed by atoms with Crippen LogP contribution in [0.15, 0.2) is 58.2 Å². The van der Waals surface area contributed by atoms with Gasteiger partial charge in [0.1, 0.15) is 18.2 Å². The molecule has 24 heavy (non-hydrogen) atoms. The van der Waals surface area contributed by atoms with E-state index in [2.05, 4.69) is 25.4 Å². The zero-order valence-electron chi connectivity index (χ0n) is 12.5. The summed E-state index contributed by atoms with van der Waals surface area (Å²) in [4.78, 5) is 19.7. The second-order valence-electron chi connectivity index (χ2n) is 5.19. The van der Waals surface area contributed by atoms with Gasteiger partial charge in [0, 0.05) is 11.8 Å². The zero-order valence-corrected chi connectivity index (χ0v) is 12.5. The van der Waals surface area contributed by atoms with E-state index in [1.165, 1.54) is 6.21 Å². The van der Waals surface area contributed by atoms with Gasteiger partial charge in [-0.3, -0.25) is 4.79 Å². The van der Waals surface area contributed by atoms with E-state index < -0.39 is 5.92 Å². The van der Waals surface area contributed by atoms with Crippen molar-refractivity contribution in [3.8, 4) is 11.3 Å². The number of benzene rings is 1. The molecule has 0 saturated heterocycles. The smallest absolute Gasteiger partial charge is 0.260 e. The summed E-state index contributed by atoms with van der Waals surface area (Å²) in [6.45, 7) is 0.278. The van der Waals surface area contributed by atoms with Gasteiger partial charge < -0.3 is 4.52 Å². The van der Waals surface area contributed by atoms with Crippen LogP contribution >= 0.6 is 0 Å². The molecule has 1 aromatic carbocycles. The molecule has 0 spiro atoms. The van der Waals surface area contributed by atoms with Crippen LogP contribution < -0.4 is 0 Å². The summed E-state index contributed by atoms with van der Waals surface area (Å²) in [7, 11) is 0. The maximum atomic E-state index is 11.7. The van der Waals surface area contributed by atoms with Gasteiger partial charge in [0.15, 0.2) is 5.82 Å². The monoisotopic (exact) mass is 320 g/mol. The Hall–Kier alpha value is -3.42. The Morgan fingerprint density at radius 2 is 2.08 bits per heavy atom. The minimum Gasteiger partial charge on any atom is -0.337 e. The molecule has 1 unspecified atom stereocenters. The number of nitrogens with zero attached hydrogens (tertiary/aromatic N) is 6. The van der Waals surface area contributed by atoms with Crippen molar-refractivity contribution in [1.29, 1.82) is 0 Å². The average molecular weight is 320 g/mol. The van der Waals surface area contributed by atoms with E-state index >= 15 is 0 Å². The Balaban J connectivity index is 1.51. The third-order valence-electron chi connectivity index (χ3n) is 3.52. The largest absolute Gasteiger partial charge is 0.337 e. The molecule has 1 amide bonds. The normalized spacial score (nSPS) is 16.7. The number of dihydropyridines is 1. The van der Waals surface area contributed by atoms with E-state index in [4.69, 9.17) is 4.52 Å². The molecule has 3 heterocycles. The van der Waals surface area contributed by atoms with Crippen LogP contribution in [-0.2, 0) is 11.3 Å². The molecule has 0 aliphatic carbocycles. The molecule has 8 nitrogen and oxygen atoms in total. The standard InChI is InChI=1S/C16H12N6O2/c23-16-12(7-4-8-17-16)15-18-14(24-20-15)10-22-9-13(19-21-22)11-5-2-1-3-6-11/h1-9,12H,10H2. The van der Waals surface area contributed by atoms with E-state index in [-0.39, 0.29) is 12.5 Å². The highest BCUT2D eigenvalue weighted by molar-refractivity contribution is 5.96. The Bertz CT molecular complexity index is 925. The molecular weight excluding hydrogens is 308 g/mol. The summed E-state index contributed by atoms with van der Waals surface area (Å²) < 4.78 is 6.80. The van der Waals surface area contributed by atoms with Crippen LogP contribution in [0.25, 0.3) is 11.3 Å². The van der Waals surface area contributed by atoms with Gasteiger partial charge in [-0.15, -0.1) is 5.10 Å². The topological polar surface area (TPSA) is 99.1 Å². The molecule has 2 aromatic heterocycles. The van der Waals surface area contributed by atoms with Gasteiger partial charge in [0.05, 0.1) is 6.20 Å². The maximum Gasteiger partial charge on any atom is 0.260 e. The maximum absolute atomic E-state index is 11.7. The third kappa shape index (κ3) is 2.76. The quantitative estimate of drug-likeness (QED) is 0.724. The predicted octanol–water partition coefficient (Wildman–Crippen LogP) is 1.63. The molecule has 8 heteroatoms. The average Bonchev–Trinajstić information content (AvgIpc) is 3.26. The predicted molar refractivity (Wildman–Crippen MR) is 84.2 cm³/mol. The summed E-state index contributed by atoms with van der Waals surface area (Å²) in [6, 6.07) is 9.74. The van der Waals surface area contributed by atoms with E-state index in [1.807, 2.05) is 30.3 Å². The first kappa shape index (κ1) is 14.2. The van der Waals surface area contributed by atoms with Crippen molar-refractivity contribution in [2.45, 2.75) is 12.5 Å². The second kappa shape index (κ2) is 5.99. The Kier molecular flexibility index (Phi) is 3.54. The first-order chi connectivity index (χ1) is 11.8.